The van der Waals surface area contributed by atoms with Gasteiger partial charge in [-0.05, 0) is 57.0 Å². The molecule has 0 bridgehead atoms. The number of urea groups is 1. The number of benzene rings is 1. The van der Waals surface area contributed by atoms with Crippen molar-refractivity contribution < 1.29 is 4.79 Å². The van der Waals surface area contributed by atoms with Crippen LogP contribution in [-0.4, -0.2) is 20.8 Å². The SMILES string of the molecule is Cc1cc(C2CC2)n(-c2ccc(NC(=O)Nc3scnc3C)cc2)n1. The predicted octanol–water partition coefficient (Wildman–Crippen LogP) is 4.47. The number of hydrogen-bond donors (Lipinski definition) is 2. The normalized spacial score (nSPS) is 13.7. The first-order chi connectivity index (χ1) is 12.1. The van der Waals surface area contributed by atoms with Gasteiger partial charge >= 0.3 is 6.03 Å². The Labute approximate surface area is 149 Å². The van der Waals surface area contributed by atoms with E-state index in [0.717, 1.165) is 27.8 Å². The van der Waals surface area contributed by atoms with Gasteiger partial charge in [-0.2, -0.15) is 5.10 Å². The van der Waals surface area contributed by atoms with Crippen LogP contribution < -0.4 is 10.6 Å². The number of amides is 2. The van der Waals surface area contributed by atoms with Crippen LogP contribution in [0.5, 0.6) is 0 Å². The van der Waals surface area contributed by atoms with Crippen molar-refractivity contribution in [2.24, 2.45) is 0 Å². The van der Waals surface area contributed by atoms with Crippen LogP contribution in [0, 0.1) is 13.8 Å². The summed E-state index contributed by atoms with van der Waals surface area (Å²) in [4.78, 5) is 16.2. The van der Waals surface area contributed by atoms with Crippen LogP contribution in [-0.2, 0) is 0 Å². The van der Waals surface area contributed by atoms with Crippen LogP contribution in [0.1, 0.15) is 35.8 Å². The third-order valence-electron chi connectivity index (χ3n) is 4.20. The minimum atomic E-state index is -0.270. The highest BCUT2D eigenvalue weighted by Crippen LogP contribution is 2.41. The third kappa shape index (κ3) is 3.41. The van der Waals surface area contributed by atoms with Crippen molar-refractivity contribution in [1.82, 2.24) is 14.8 Å². The number of anilines is 2. The molecule has 1 aliphatic carbocycles. The molecule has 1 aromatic carbocycles. The largest absolute Gasteiger partial charge is 0.324 e. The Balaban J connectivity index is 1.47. The summed E-state index contributed by atoms with van der Waals surface area (Å²) in [5.74, 6) is 0.632. The Hall–Kier alpha value is -2.67. The maximum absolute atomic E-state index is 12.1. The van der Waals surface area contributed by atoms with Gasteiger partial charge in [0.25, 0.3) is 0 Å². The Morgan fingerprint density at radius 2 is 1.96 bits per heavy atom. The Morgan fingerprint density at radius 1 is 1.20 bits per heavy atom. The van der Waals surface area contributed by atoms with Gasteiger partial charge < -0.3 is 5.32 Å². The van der Waals surface area contributed by atoms with Crippen LogP contribution in [0.3, 0.4) is 0 Å². The van der Waals surface area contributed by atoms with Crippen molar-refractivity contribution in [3.05, 3.63) is 52.9 Å². The molecule has 0 unspecified atom stereocenters. The van der Waals surface area contributed by atoms with Crippen LogP contribution in [0.4, 0.5) is 15.5 Å². The van der Waals surface area contributed by atoms with Crippen molar-refractivity contribution in [3.8, 4) is 5.69 Å². The number of nitrogens with one attached hydrogen (secondary N) is 2. The van der Waals surface area contributed by atoms with Gasteiger partial charge in [0.2, 0.25) is 0 Å². The quantitative estimate of drug-likeness (QED) is 0.727. The molecule has 7 heteroatoms. The fourth-order valence-corrected chi connectivity index (χ4v) is 3.46. The fourth-order valence-electron chi connectivity index (χ4n) is 2.77. The molecule has 1 saturated carbocycles. The molecule has 25 heavy (non-hydrogen) atoms. The lowest BCUT2D eigenvalue weighted by molar-refractivity contribution is 0.262. The van der Waals surface area contributed by atoms with Gasteiger partial charge in [-0.15, -0.1) is 11.3 Å². The summed E-state index contributed by atoms with van der Waals surface area (Å²) in [7, 11) is 0. The van der Waals surface area contributed by atoms with Crippen molar-refractivity contribution in [2.45, 2.75) is 32.6 Å². The highest BCUT2D eigenvalue weighted by molar-refractivity contribution is 7.14. The lowest BCUT2D eigenvalue weighted by atomic mass is 10.2. The second-order valence-electron chi connectivity index (χ2n) is 6.29. The average molecular weight is 353 g/mol. The molecule has 0 spiro atoms. The highest BCUT2D eigenvalue weighted by Gasteiger charge is 2.28. The Morgan fingerprint density at radius 3 is 2.60 bits per heavy atom. The van der Waals surface area contributed by atoms with E-state index < -0.39 is 0 Å². The molecule has 2 heterocycles. The second-order valence-corrected chi connectivity index (χ2v) is 7.14. The molecule has 0 aliphatic heterocycles. The molecule has 1 aliphatic rings. The third-order valence-corrected chi connectivity index (χ3v) is 5.04. The maximum atomic E-state index is 12.1. The molecule has 6 nitrogen and oxygen atoms in total. The summed E-state index contributed by atoms with van der Waals surface area (Å²) in [6.45, 7) is 3.88. The van der Waals surface area contributed by atoms with Crippen LogP contribution in [0.2, 0.25) is 0 Å². The number of nitrogens with zero attached hydrogens (tertiary/aromatic N) is 3. The number of carbonyl (C=O) groups excluding carboxylic acids is 1. The topological polar surface area (TPSA) is 71.8 Å². The predicted molar refractivity (Wildman–Crippen MR) is 99.8 cm³/mol. The Bertz CT molecular complexity index is 908. The number of aromatic nitrogens is 3. The number of rotatable bonds is 4. The van der Waals surface area contributed by atoms with Crippen molar-refractivity contribution >= 4 is 28.1 Å². The molecule has 1 fully saturated rings. The van der Waals surface area contributed by atoms with E-state index in [4.69, 9.17) is 0 Å². The van der Waals surface area contributed by atoms with E-state index in [0.29, 0.717) is 5.92 Å². The summed E-state index contributed by atoms with van der Waals surface area (Å²) >= 11 is 1.41. The van der Waals surface area contributed by atoms with E-state index in [1.165, 1.54) is 29.9 Å². The van der Waals surface area contributed by atoms with Gasteiger partial charge in [-0.3, -0.25) is 5.32 Å². The average Bonchev–Trinajstić information content (AvgIpc) is 3.26. The molecule has 0 radical (unpaired) electrons. The lowest BCUT2D eigenvalue weighted by Gasteiger charge is -2.09. The van der Waals surface area contributed by atoms with Crippen molar-refractivity contribution in [1.29, 1.82) is 0 Å². The second kappa shape index (κ2) is 6.33. The summed E-state index contributed by atoms with van der Waals surface area (Å²) in [6.07, 6.45) is 2.48. The van der Waals surface area contributed by atoms with E-state index in [9.17, 15) is 4.79 Å². The van der Waals surface area contributed by atoms with Gasteiger partial charge in [0.1, 0.15) is 5.00 Å². The molecule has 2 aromatic heterocycles. The highest BCUT2D eigenvalue weighted by atomic mass is 32.1. The summed E-state index contributed by atoms with van der Waals surface area (Å²) in [6, 6.07) is 9.63. The zero-order valence-corrected chi connectivity index (χ0v) is 14.9. The summed E-state index contributed by atoms with van der Waals surface area (Å²) in [5.41, 5.74) is 6.58. The van der Waals surface area contributed by atoms with Crippen LogP contribution in [0.15, 0.2) is 35.8 Å². The van der Waals surface area contributed by atoms with Crippen molar-refractivity contribution in [3.63, 3.8) is 0 Å². The first-order valence-electron chi connectivity index (χ1n) is 8.25. The summed E-state index contributed by atoms with van der Waals surface area (Å²) in [5, 5.41) is 11.0. The van der Waals surface area contributed by atoms with Gasteiger partial charge in [-0.1, -0.05) is 0 Å². The molecule has 4 rings (SSSR count). The molecule has 2 amide bonds. The van der Waals surface area contributed by atoms with Gasteiger partial charge in [-0.25, -0.2) is 14.5 Å². The van der Waals surface area contributed by atoms with Crippen LogP contribution >= 0.6 is 11.3 Å². The minimum Gasteiger partial charge on any atom is -0.308 e. The number of aryl methyl sites for hydroxylation is 2. The molecule has 3 aromatic rings. The molecule has 2 N–H and O–H groups in total. The number of carbonyl (C=O) groups is 1. The van der Waals surface area contributed by atoms with Crippen LogP contribution in [0.25, 0.3) is 5.69 Å². The zero-order chi connectivity index (χ0) is 17.4. The molecular weight excluding hydrogens is 334 g/mol. The number of hydrogen-bond acceptors (Lipinski definition) is 4. The fraction of sp³-hybridized carbons (Fsp3) is 0.278. The monoisotopic (exact) mass is 353 g/mol. The summed E-state index contributed by atoms with van der Waals surface area (Å²) < 4.78 is 2.01. The molecular formula is C18H19N5OS. The minimum absolute atomic E-state index is 0.270. The lowest BCUT2D eigenvalue weighted by Crippen LogP contribution is -2.19. The molecule has 0 atom stereocenters. The standard InChI is InChI=1S/C18H19N5OS/c1-11-9-16(13-3-4-13)23(22-11)15-7-5-14(6-8-15)20-18(24)21-17-12(2)19-10-25-17/h5-10,13H,3-4H2,1-2H3,(H2,20,21,24). The van der Waals surface area contributed by atoms with Gasteiger partial charge in [0.15, 0.2) is 0 Å². The smallest absolute Gasteiger partial charge is 0.308 e. The molecule has 128 valence electrons. The van der Waals surface area contributed by atoms with Gasteiger partial charge in [0.05, 0.1) is 22.6 Å². The number of thiazole rings is 1. The molecule has 0 saturated heterocycles. The van der Waals surface area contributed by atoms with E-state index in [1.807, 2.05) is 42.8 Å². The zero-order valence-electron chi connectivity index (χ0n) is 14.1. The maximum Gasteiger partial charge on any atom is 0.324 e. The van der Waals surface area contributed by atoms with E-state index in [-0.39, 0.29) is 6.03 Å². The van der Waals surface area contributed by atoms with Gasteiger partial charge in [0, 0.05) is 17.3 Å². The van der Waals surface area contributed by atoms with E-state index in [2.05, 4.69) is 26.8 Å². The van der Waals surface area contributed by atoms with E-state index >= 15 is 0 Å². The first-order valence-corrected chi connectivity index (χ1v) is 9.13. The van der Waals surface area contributed by atoms with E-state index in [1.54, 1.807) is 5.51 Å². The first kappa shape index (κ1) is 15.8. The van der Waals surface area contributed by atoms with Crippen molar-refractivity contribution in [2.75, 3.05) is 10.6 Å². The Kier molecular flexibility index (Phi) is 4.01.